The fraction of sp³-hybridized carbons (Fsp3) is 0.538. The fourth-order valence-corrected chi connectivity index (χ4v) is 2.22. The van der Waals surface area contributed by atoms with Crippen LogP contribution in [-0.2, 0) is 19.4 Å². The van der Waals surface area contributed by atoms with E-state index in [1.165, 1.54) is 18.6 Å². The monoisotopic (exact) mass is 271 g/mol. The minimum absolute atomic E-state index is 0.169. The van der Waals surface area contributed by atoms with Crippen molar-refractivity contribution in [2.24, 2.45) is 5.92 Å². The minimum Gasteiger partial charge on any atom is -0.378 e. The standard InChI is InChI=1S/C7H7O3S.C6H12O/c1-6-3-2-4-7(5-6)11(8,9)10;1-3-6-4-7-5(6)2/h2-5H,1H3;5-6H,3-4H2,1-2H3. The van der Waals surface area contributed by atoms with E-state index in [1.807, 2.05) is 0 Å². The van der Waals surface area contributed by atoms with Crippen molar-refractivity contribution in [2.45, 2.75) is 38.2 Å². The summed E-state index contributed by atoms with van der Waals surface area (Å²) >= 11 is 0. The van der Waals surface area contributed by atoms with Crippen LogP contribution in [0.2, 0.25) is 0 Å². The third kappa shape index (κ3) is 4.40. The molecule has 0 aromatic heterocycles. The number of aryl methyl sites for hydroxylation is 1. The molecule has 0 bridgehead atoms. The molecular formula is C13H19O4S. The molecular weight excluding hydrogens is 252 g/mol. The molecule has 4 nitrogen and oxygen atoms in total. The highest BCUT2D eigenvalue weighted by atomic mass is 32.2. The zero-order valence-corrected chi connectivity index (χ0v) is 11.7. The highest BCUT2D eigenvalue weighted by Crippen LogP contribution is 2.21. The maximum atomic E-state index is 10.4. The molecule has 1 radical (unpaired) electrons. The van der Waals surface area contributed by atoms with E-state index >= 15 is 0 Å². The average molecular weight is 271 g/mol. The molecule has 101 valence electrons. The molecule has 5 heteroatoms. The summed E-state index contributed by atoms with van der Waals surface area (Å²) in [6.45, 7) is 7.08. The Hall–Kier alpha value is -0.910. The van der Waals surface area contributed by atoms with E-state index in [9.17, 15) is 13.0 Å². The molecule has 2 atom stereocenters. The van der Waals surface area contributed by atoms with E-state index in [4.69, 9.17) is 4.74 Å². The number of hydrogen-bond acceptors (Lipinski definition) is 3. The third-order valence-corrected chi connectivity index (χ3v) is 3.87. The first-order valence-electron chi connectivity index (χ1n) is 5.98. The summed E-state index contributed by atoms with van der Waals surface area (Å²) in [6, 6.07) is 5.91. The molecule has 1 heterocycles. The second-order valence-corrected chi connectivity index (χ2v) is 5.86. The molecule has 1 fully saturated rings. The van der Waals surface area contributed by atoms with Crippen LogP contribution < -0.4 is 0 Å². The second-order valence-electron chi connectivity index (χ2n) is 4.48. The molecule has 1 aromatic carbocycles. The van der Waals surface area contributed by atoms with Crippen molar-refractivity contribution in [2.75, 3.05) is 6.61 Å². The van der Waals surface area contributed by atoms with Crippen LogP contribution in [0.5, 0.6) is 0 Å². The van der Waals surface area contributed by atoms with Crippen molar-refractivity contribution in [1.82, 2.24) is 0 Å². The third-order valence-electron chi connectivity index (χ3n) is 3.04. The van der Waals surface area contributed by atoms with Crippen LogP contribution in [0.4, 0.5) is 0 Å². The van der Waals surface area contributed by atoms with Crippen LogP contribution in [0.3, 0.4) is 0 Å². The average Bonchev–Trinajstić information content (AvgIpc) is 2.27. The largest absolute Gasteiger partial charge is 0.378 e. The summed E-state index contributed by atoms with van der Waals surface area (Å²) in [5, 5.41) is 0. The predicted molar refractivity (Wildman–Crippen MR) is 68.2 cm³/mol. The summed E-state index contributed by atoms with van der Waals surface area (Å²) in [6.07, 6.45) is 1.83. The van der Waals surface area contributed by atoms with Crippen LogP contribution in [0, 0.1) is 12.8 Å². The van der Waals surface area contributed by atoms with Crippen LogP contribution in [0.15, 0.2) is 29.2 Å². The van der Waals surface area contributed by atoms with Gasteiger partial charge in [0.1, 0.15) is 0 Å². The molecule has 1 saturated heterocycles. The van der Waals surface area contributed by atoms with Gasteiger partial charge in [0.15, 0.2) is 0 Å². The van der Waals surface area contributed by atoms with Gasteiger partial charge in [-0.2, -0.15) is 8.42 Å². The summed E-state index contributed by atoms with van der Waals surface area (Å²) < 4.78 is 36.4. The molecule has 0 spiro atoms. The topological polar surface area (TPSA) is 63.3 Å². The lowest BCUT2D eigenvalue weighted by Crippen LogP contribution is -2.36. The van der Waals surface area contributed by atoms with E-state index < -0.39 is 10.1 Å². The highest BCUT2D eigenvalue weighted by molar-refractivity contribution is 7.85. The maximum absolute atomic E-state index is 10.4. The number of benzene rings is 1. The zero-order chi connectivity index (χ0) is 13.8. The maximum Gasteiger partial charge on any atom is 0.324 e. The first-order valence-corrected chi connectivity index (χ1v) is 7.39. The lowest BCUT2D eigenvalue weighted by molar-refractivity contribution is -0.103. The van der Waals surface area contributed by atoms with Crippen molar-refractivity contribution in [1.29, 1.82) is 0 Å². The van der Waals surface area contributed by atoms with Crippen molar-refractivity contribution in [3.63, 3.8) is 0 Å². The van der Waals surface area contributed by atoms with Crippen molar-refractivity contribution >= 4 is 10.1 Å². The van der Waals surface area contributed by atoms with Gasteiger partial charge < -0.3 is 4.74 Å². The molecule has 1 aliphatic heterocycles. The number of rotatable bonds is 2. The van der Waals surface area contributed by atoms with Gasteiger partial charge >= 0.3 is 10.1 Å². The minimum atomic E-state index is -4.28. The molecule has 2 rings (SSSR count). The zero-order valence-electron chi connectivity index (χ0n) is 10.9. The van der Waals surface area contributed by atoms with Crippen molar-refractivity contribution in [3.05, 3.63) is 29.8 Å². The van der Waals surface area contributed by atoms with Gasteiger partial charge in [0.25, 0.3) is 0 Å². The molecule has 0 aliphatic carbocycles. The Bertz CT molecular complexity index is 480. The lowest BCUT2D eigenvalue weighted by atomic mass is 9.97. The number of hydrogen-bond donors (Lipinski definition) is 0. The Morgan fingerprint density at radius 2 is 2.06 bits per heavy atom. The SMILES string of the molecule is CCC1COC1C.Cc1cccc(S([O])(=O)=O)c1. The molecule has 2 unspecified atom stereocenters. The molecule has 1 aromatic rings. The summed E-state index contributed by atoms with van der Waals surface area (Å²) in [5.41, 5.74) is 0.766. The fourth-order valence-electron chi connectivity index (χ4n) is 1.65. The smallest absolute Gasteiger partial charge is 0.324 e. The Labute approximate surface area is 109 Å². The first kappa shape index (κ1) is 15.1. The van der Waals surface area contributed by atoms with Gasteiger partial charge in [-0.3, -0.25) is 0 Å². The van der Waals surface area contributed by atoms with E-state index in [-0.39, 0.29) is 4.90 Å². The summed E-state index contributed by atoms with van der Waals surface area (Å²) in [4.78, 5) is -0.169. The van der Waals surface area contributed by atoms with Crippen LogP contribution in [-0.4, -0.2) is 21.1 Å². The van der Waals surface area contributed by atoms with Gasteiger partial charge in [-0.05, 0) is 38.0 Å². The Morgan fingerprint density at radius 1 is 1.39 bits per heavy atom. The van der Waals surface area contributed by atoms with E-state index in [2.05, 4.69) is 13.8 Å². The highest BCUT2D eigenvalue weighted by Gasteiger charge is 2.25. The molecule has 0 amide bonds. The second kappa shape index (κ2) is 6.31. The summed E-state index contributed by atoms with van der Waals surface area (Å²) in [7, 11) is -4.28. The van der Waals surface area contributed by atoms with Crippen molar-refractivity contribution in [3.8, 4) is 0 Å². The van der Waals surface area contributed by atoms with Crippen LogP contribution in [0.1, 0.15) is 25.8 Å². The van der Waals surface area contributed by atoms with Gasteiger partial charge in [0.2, 0.25) is 0 Å². The van der Waals surface area contributed by atoms with Crippen molar-refractivity contribution < 1.29 is 17.7 Å². The van der Waals surface area contributed by atoms with E-state index in [0.717, 1.165) is 18.1 Å². The van der Waals surface area contributed by atoms with Gasteiger partial charge in [0.05, 0.1) is 17.6 Å². The van der Waals surface area contributed by atoms with Gasteiger partial charge in [0, 0.05) is 5.92 Å². The van der Waals surface area contributed by atoms with Gasteiger partial charge in [-0.25, -0.2) is 0 Å². The Morgan fingerprint density at radius 3 is 2.28 bits per heavy atom. The quantitative estimate of drug-likeness (QED) is 0.830. The first-order chi connectivity index (χ1) is 8.34. The summed E-state index contributed by atoms with van der Waals surface area (Å²) in [5.74, 6) is 0.861. The van der Waals surface area contributed by atoms with Gasteiger partial charge in [-0.15, -0.1) is 0 Å². The Balaban J connectivity index is 0.000000199. The normalized spacial score (nSPS) is 22.7. The predicted octanol–water partition coefficient (Wildman–Crippen LogP) is 2.55. The van der Waals surface area contributed by atoms with Crippen LogP contribution in [0.25, 0.3) is 0 Å². The Kier molecular flexibility index (Phi) is 5.31. The number of ether oxygens (including phenoxy) is 1. The molecule has 0 N–H and O–H groups in total. The van der Waals surface area contributed by atoms with Crippen LogP contribution >= 0.6 is 0 Å². The molecule has 1 aliphatic rings. The van der Waals surface area contributed by atoms with E-state index in [1.54, 1.807) is 19.1 Å². The molecule has 18 heavy (non-hydrogen) atoms. The lowest BCUT2D eigenvalue weighted by Gasteiger charge is -2.33. The molecule has 0 saturated carbocycles. The van der Waals surface area contributed by atoms with E-state index in [0.29, 0.717) is 6.10 Å². The van der Waals surface area contributed by atoms with Gasteiger partial charge in [-0.1, -0.05) is 23.6 Å².